The van der Waals surface area contributed by atoms with Crippen molar-refractivity contribution in [3.05, 3.63) is 65.7 Å². The molecule has 2 rings (SSSR count). The third-order valence-electron chi connectivity index (χ3n) is 3.76. The third-order valence-corrected chi connectivity index (χ3v) is 3.76. The number of rotatable bonds is 9. The second-order valence-electron chi connectivity index (χ2n) is 5.90. The Morgan fingerprint density at radius 2 is 1.50 bits per heavy atom. The van der Waals surface area contributed by atoms with Crippen LogP contribution in [-0.4, -0.2) is 37.4 Å². The molecule has 3 amide bonds. The van der Waals surface area contributed by atoms with Crippen molar-refractivity contribution in [1.82, 2.24) is 10.6 Å². The number of nitrogens with one attached hydrogen (secondary N) is 3. The van der Waals surface area contributed by atoms with E-state index in [0.29, 0.717) is 24.3 Å². The fraction of sp³-hybridized carbons (Fsp3) is 0.250. The molecule has 0 fully saturated rings. The number of halogens is 1. The van der Waals surface area contributed by atoms with Gasteiger partial charge in [-0.1, -0.05) is 42.5 Å². The maximum atomic E-state index is 12.1. The highest BCUT2D eigenvalue weighted by atomic mass is 35.5. The van der Waals surface area contributed by atoms with Gasteiger partial charge in [-0.3, -0.25) is 14.4 Å². The highest BCUT2D eigenvalue weighted by Crippen LogP contribution is 2.15. The van der Waals surface area contributed by atoms with E-state index in [0.717, 1.165) is 5.56 Å². The fourth-order valence-corrected chi connectivity index (χ4v) is 2.44. The van der Waals surface area contributed by atoms with E-state index in [9.17, 15) is 14.4 Å². The first-order chi connectivity index (χ1) is 13.1. The first-order valence-corrected chi connectivity index (χ1v) is 8.78. The molecule has 0 aliphatic carbocycles. The van der Waals surface area contributed by atoms with Crippen LogP contribution in [0.5, 0.6) is 0 Å². The van der Waals surface area contributed by atoms with Gasteiger partial charge in [-0.15, -0.1) is 12.4 Å². The van der Waals surface area contributed by atoms with Crippen LogP contribution in [0.1, 0.15) is 22.3 Å². The summed E-state index contributed by atoms with van der Waals surface area (Å²) in [6.45, 7) is 0.913. The van der Waals surface area contributed by atoms with E-state index >= 15 is 0 Å². The first kappa shape index (κ1) is 23.1. The summed E-state index contributed by atoms with van der Waals surface area (Å²) in [6.07, 6.45) is 0.381. The van der Waals surface area contributed by atoms with Crippen molar-refractivity contribution >= 4 is 35.8 Å². The van der Waals surface area contributed by atoms with Crippen LogP contribution >= 0.6 is 12.4 Å². The Kier molecular flexibility index (Phi) is 10.3. The fourth-order valence-electron chi connectivity index (χ4n) is 2.44. The van der Waals surface area contributed by atoms with Crippen molar-refractivity contribution in [3.8, 4) is 0 Å². The van der Waals surface area contributed by atoms with Crippen LogP contribution in [-0.2, 0) is 16.0 Å². The average molecular weight is 405 g/mol. The molecule has 8 heteroatoms. The maximum absolute atomic E-state index is 12.1. The third kappa shape index (κ3) is 7.77. The summed E-state index contributed by atoms with van der Waals surface area (Å²) in [5.74, 6) is -0.725. The number of anilines is 1. The van der Waals surface area contributed by atoms with Crippen molar-refractivity contribution in [2.24, 2.45) is 5.73 Å². The van der Waals surface area contributed by atoms with Crippen LogP contribution < -0.4 is 21.7 Å². The zero-order chi connectivity index (χ0) is 19.5. The molecule has 7 nitrogen and oxygen atoms in total. The molecule has 0 aliphatic rings. The Labute approximate surface area is 170 Å². The summed E-state index contributed by atoms with van der Waals surface area (Å²) in [7, 11) is 0. The van der Waals surface area contributed by atoms with E-state index in [4.69, 9.17) is 5.73 Å². The molecule has 0 spiro atoms. The molecule has 0 saturated carbocycles. The highest BCUT2D eigenvalue weighted by Gasteiger charge is 2.12. The van der Waals surface area contributed by atoms with Gasteiger partial charge in [0.1, 0.15) is 0 Å². The smallest absolute Gasteiger partial charge is 0.253 e. The van der Waals surface area contributed by atoms with Gasteiger partial charge in [-0.2, -0.15) is 0 Å². The van der Waals surface area contributed by atoms with Crippen molar-refractivity contribution in [2.45, 2.75) is 12.8 Å². The molecule has 0 atom stereocenters. The van der Waals surface area contributed by atoms with E-state index < -0.39 is 0 Å². The van der Waals surface area contributed by atoms with Gasteiger partial charge in [0.15, 0.2) is 0 Å². The molecule has 150 valence electrons. The monoisotopic (exact) mass is 404 g/mol. The molecule has 0 unspecified atom stereocenters. The molecule has 28 heavy (non-hydrogen) atoms. The predicted molar refractivity (Wildman–Crippen MR) is 111 cm³/mol. The Morgan fingerprint density at radius 3 is 2.21 bits per heavy atom. The minimum Gasteiger partial charge on any atom is -0.355 e. The molecule has 2 aromatic carbocycles. The van der Waals surface area contributed by atoms with Gasteiger partial charge in [0, 0.05) is 26.1 Å². The second-order valence-corrected chi connectivity index (χ2v) is 5.90. The maximum Gasteiger partial charge on any atom is 0.253 e. The van der Waals surface area contributed by atoms with E-state index in [1.165, 1.54) is 0 Å². The SMILES string of the molecule is Cl.NCCNC(=O)c1ccccc1NC(=O)CCNC(=O)Cc1ccccc1. The van der Waals surface area contributed by atoms with Crippen LogP contribution in [0, 0.1) is 0 Å². The van der Waals surface area contributed by atoms with Crippen LogP contribution in [0.3, 0.4) is 0 Å². The Balaban J connectivity index is 0.00000392. The molecule has 2 aromatic rings. The molecule has 0 bridgehead atoms. The number of nitrogens with two attached hydrogens (primary N) is 1. The van der Waals surface area contributed by atoms with Crippen molar-refractivity contribution in [2.75, 3.05) is 25.0 Å². The van der Waals surface area contributed by atoms with Gasteiger partial charge < -0.3 is 21.7 Å². The van der Waals surface area contributed by atoms with Crippen molar-refractivity contribution in [3.63, 3.8) is 0 Å². The Morgan fingerprint density at radius 1 is 0.821 bits per heavy atom. The first-order valence-electron chi connectivity index (χ1n) is 8.78. The van der Waals surface area contributed by atoms with Crippen LogP contribution in [0.15, 0.2) is 54.6 Å². The molecule has 0 radical (unpaired) electrons. The molecule has 0 aromatic heterocycles. The molecular weight excluding hydrogens is 380 g/mol. The van der Waals surface area contributed by atoms with E-state index in [1.807, 2.05) is 30.3 Å². The van der Waals surface area contributed by atoms with Crippen molar-refractivity contribution < 1.29 is 14.4 Å². The number of hydrogen-bond donors (Lipinski definition) is 4. The zero-order valence-electron chi connectivity index (χ0n) is 15.4. The largest absolute Gasteiger partial charge is 0.355 e. The summed E-state index contributed by atoms with van der Waals surface area (Å²) in [5, 5.41) is 8.10. The molecule has 0 saturated heterocycles. The number of amides is 3. The zero-order valence-corrected chi connectivity index (χ0v) is 16.3. The minimum atomic E-state index is -0.299. The Hall–Kier alpha value is -2.90. The summed E-state index contributed by atoms with van der Waals surface area (Å²) in [5.41, 5.74) is 7.09. The van der Waals surface area contributed by atoms with E-state index in [1.54, 1.807) is 24.3 Å². The number of carbonyl (C=O) groups is 3. The topological polar surface area (TPSA) is 113 Å². The molecule has 0 aliphatic heterocycles. The lowest BCUT2D eigenvalue weighted by Crippen LogP contribution is -2.31. The van der Waals surface area contributed by atoms with Gasteiger partial charge in [-0.25, -0.2) is 0 Å². The minimum absolute atomic E-state index is 0. The summed E-state index contributed by atoms with van der Waals surface area (Å²) in [4.78, 5) is 36.1. The van der Waals surface area contributed by atoms with Gasteiger partial charge in [-0.05, 0) is 17.7 Å². The normalized spacial score (nSPS) is 9.75. The van der Waals surface area contributed by atoms with Crippen molar-refractivity contribution in [1.29, 1.82) is 0 Å². The number of benzene rings is 2. The molecular formula is C20H25ClN4O3. The van der Waals surface area contributed by atoms with Crippen LogP contribution in [0.4, 0.5) is 5.69 Å². The lowest BCUT2D eigenvalue weighted by atomic mass is 10.1. The van der Waals surface area contributed by atoms with Gasteiger partial charge in [0.05, 0.1) is 17.7 Å². The summed E-state index contributed by atoms with van der Waals surface area (Å²) < 4.78 is 0. The van der Waals surface area contributed by atoms with Gasteiger partial charge >= 0.3 is 0 Å². The van der Waals surface area contributed by atoms with Crippen LogP contribution in [0.25, 0.3) is 0 Å². The summed E-state index contributed by atoms with van der Waals surface area (Å²) >= 11 is 0. The van der Waals surface area contributed by atoms with Gasteiger partial charge in [0.2, 0.25) is 11.8 Å². The van der Waals surface area contributed by atoms with Gasteiger partial charge in [0.25, 0.3) is 5.91 Å². The quantitative estimate of drug-likeness (QED) is 0.507. The Bertz CT molecular complexity index is 784. The van der Waals surface area contributed by atoms with E-state index in [2.05, 4.69) is 16.0 Å². The average Bonchev–Trinajstić information content (AvgIpc) is 2.67. The number of para-hydroxylation sites is 1. The molecule has 0 heterocycles. The van der Waals surface area contributed by atoms with Crippen LogP contribution in [0.2, 0.25) is 0 Å². The van der Waals surface area contributed by atoms with E-state index in [-0.39, 0.29) is 49.5 Å². The second kappa shape index (κ2) is 12.5. The number of hydrogen-bond acceptors (Lipinski definition) is 4. The summed E-state index contributed by atoms with van der Waals surface area (Å²) in [6, 6.07) is 16.1. The molecule has 5 N–H and O–H groups in total. The number of carbonyl (C=O) groups excluding carboxylic acids is 3. The highest BCUT2D eigenvalue weighted by molar-refractivity contribution is 6.03. The lowest BCUT2D eigenvalue weighted by Gasteiger charge is -2.11. The lowest BCUT2D eigenvalue weighted by molar-refractivity contribution is -0.120. The predicted octanol–water partition coefficient (Wildman–Crippen LogP) is 1.48. The standard InChI is InChI=1S/C20H24N4O3.ClH/c21-11-13-23-20(27)16-8-4-5-9-17(16)24-18(25)10-12-22-19(26)14-15-6-2-1-3-7-15;/h1-9H,10-14,21H2,(H,22,26)(H,23,27)(H,24,25);1H.